The second-order valence-corrected chi connectivity index (χ2v) is 7.92. The Labute approximate surface area is 176 Å². The number of aliphatic hydroxyl groups excluding tert-OH is 1. The summed E-state index contributed by atoms with van der Waals surface area (Å²) in [5, 5.41) is 17.9. The van der Waals surface area contributed by atoms with Crippen LogP contribution in [0.5, 0.6) is 0 Å². The molecule has 1 aliphatic carbocycles. The highest BCUT2D eigenvalue weighted by Crippen LogP contribution is 2.38. The molecule has 4 N–H and O–H groups in total. The molecule has 0 spiro atoms. The number of carbonyl (C=O) groups is 2. The Morgan fingerprint density at radius 3 is 2.35 bits per heavy atom. The Kier molecular flexibility index (Phi) is 5.49. The summed E-state index contributed by atoms with van der Waals surface area (Å²) in [6.07, 6.45) is -3.02. The lowest BCUT2D eigenvalue weighted by atomic mass is 9.70. The van der Waals surface area contributed by atoms with Crippen LogP contribution in [0.25, 0.3) is 11.1 Å². The van der Waals surface area contributed by atoms with Gasteiger partial charge in [-0.05, 0) is 48.1 Å². The zero-order valence-corrected chi connectivity index (χ0v) is 16.5. The average molecular weight is 433 g/mol. The molecule has 31 heavy (non-hydrogen) atoms. The number of aliphatic hydroxyl groups is 1. The van der Waals surface area contributed by atoms with Gasteiger partial charge in [-0.3, -0.25) is 14.9 Å². The average Bonchev–Trinajstić information content (AvgIpc) is 2.98. The topological polar surface area (TPSA) is 90.5 Å². The molecule has 1 aliphatic heterocycles. The van der Waals surface area contributed by atoms with Crippen LogP contribution in [-0.2, 0) is 11.0 Å². The summed E-state index contributed by atoms with van der Waals surface area (Å²) in [6.45, 7) is -0.0132. The van der Waals surface area contributed by atoms with Crippen molar-refractivity contribution in [3.63, 3.8) is 0 Å². The zero-order chi connectivity index (χ0) is 22.2. The Morgan fingerprint density at radius 1 is 1.13 bits per heavy atom. The van der Waals surface area contributed by atoms with E-state index in [2.05, 4.69) is 16.0 Å². The number of halogens is 3. The molecule has 2 unspecified atom stereocenters. The van der Waals surface area contributed by atoms with Crippen molar-refractivity contribution in [3.05, 3.63) is 59.7 Å². The van der Waals surface area contributed by atoms with Crippen molar-refractivity contribution in [2.75, 3.05) is 6.54 Å². The molecule has 2 aromatic carbocycles. The van der Waals surface area contributed by atoms with E-state index < -0.39 is 29.5 Å². The molecule has 1 saturated carbocycles. The van der Waals surface area contributed by atoms with E-state index in [9.17, 15) is 27.9 Å². The molecule has 0 aromatic heterocycles. The van der Waals surface area contributed by atoms with Crippen LogP contribution in [0.4, 0.5) is 13.2 Å². The normalized spacial score (nSPS) is 23.9. The predicted octanol–water partition coefficient (Wildman–Crippen LogP) is 2.64. The van der Waals surface area contributed by atoms with Crippen molar-refractivity contribution in [2.24, 2.45) is 5.92 Å². The fourth-order valence-electron chi connectivity index (χ4n) is 4.17. The van der Waals surface area contributed by atoms with Crippen LogP contribution in [0.3, 0.4) is 0 Å². The third-order valence-electron chi connectivity index (χ3n) is 6.09. The van der Waals surface area contributed by atoms with E-state index in [1.165, 1.54) is 12.1 Å². The number of benzene rings is 2. The van der Waals surface area contributed by atoms with E-state index in [4.69, 9.17) is 0 Å². The molecule has 164 valence electrons. The summed E-state index contributed by atoms with van der Waals surface area (Å²) in [6, 6.07) is 11.2. The minimum atomic E-state index is -4.44. The summed E-state index contributed by atoms with van der Waals surface area (Å²) in [4.78, 5) is 25.5. The number of hydrogen-bond acceptors (Lipinski definition) is 4. The molecule has 2 aromatic rings. The van der Waals surface area contributed by atoms with Gasteiger partial charge in [0, 0.05) is 12.1 Å². The molecule has 6 nitrogen and oxygen atoms in total. The Morgan fingerprint density at radius 2 is 1.81 bits per heavy atom. The number of amides is 2. The first-order chi connectivity index (χ1) is 14.7. The van der Waals surface area contributed by atoms with Crippen LogP contribution in [0.1, 0.15) is 35.2 Å². The second-order valence-electron chi connectivity index (χ2n) is 7.92. The largest absolute Gasteiger partial charge is 0.416 e. The summed E-state index contributed by atoms with van der Waals surface area (Å²) in [5.41, 5.74) is -0.617. The van der Waals surface area contributed by atoms with Crippen LogP contribution < -0.4 is 16.0 Å². The number of carbonyl (C=O) groups excluding carboxylic acids is 2. The molecular formula is C22H22F3N3O3. The molecule has 1 heterocycles. The van der Waals surface area contributed by atoms with E-state index in [0.717, 1.165) is 31.4 Å². The van der Waals surface area contributed by atoms with E-state index in [0.29, 0.717) is 11.1 Å². The molecule has 1 saturated heterocycles. The maximum atomic E-state index is 13.0. The standard InChI is InChI=1S/C22H22F3N3O3/c23-22(24,25)15-10-8-13(9-11-15)16-6-1-2-7-17(16)18(29)26-12-21(14-4-3-5-14)19(30)27-20(31)28-21/h1-2,6-11,14,20,28,31H,3-5,12H2,(H,26,29)(H,27,30). The van der Waals surface area contributed by atoms with Crippen molar-refractivity contribution in [1.29, 1.82) is 0 Å². The monoisotopic (exact) mass is 433 g/mol. The fourth-order valence-corrected chi connectivity index (χ4v) is 4.17. The molecule has 2 atom stereocenters. The maximum Gasteiger partial charge on any atom is 0.416 e. The van der Waals surface area contributed by atoms with Crippen molar-refractivity contribution in [1.82, 2.24) is 16.0 Å². The molecule has 0 bridgehead atoms. The van der Waals surface area contributed by atoms with Gasteiger partial charge in [0.1, 0.15) is 5.54 Å². The molecule has 2 aliphatic rings. The molecular weight excluding hydrogens is 411 g/mol. The number of rotatable bonds is 5. The molecule has 2 fully saturated rings. The van der Waals surface area contributed by atoms with Gasteiger partial charge in [0.05, 0.1) is 5.56 Å². The SMILES string of the molecule is O=C(NCC1(C2CCC2)NC(O)NC1=O)c1ccccc1-c1ccc(C(F)(F)F)cc1. The third kappa shape index (κ3) is 4.03. The summed E-state index contributed by atoms with van der Waals surface area (Å²) in [5.74, 6) is -0.818. The Bertz CT molecular complexity index is 989. The molecule has 9 heteroatoms. The number of nitrogens with one attached hydrogen (secondary N) is 3. The first-order valence-electron chi connectivity index (χ1n) is 10.0. The summed E-state index contributed by atoms with van der Waals surface area (Å²) in [7, 11) is 0. The highest BCUT2D eigenvalue weighted by Gasteiger charge is 2.53. The van der Waals surface area contributed by atoms with Gasteiger partial charge in [-0.15, -0.1) is 0 Å². The lowest BCUT2D eigenvalue weighted by Crippen LogP contribution is -2.62. The highest BCUT2D eigenvalue weighted by atomic mass is 19.4. The minimum absolute atomic E-state index is 0.00453. The van der Waals surface area contributed by atoms with Gasteiger partial charge in [-0.2, -0.15) is 13.2 Å². The highest BCUT2D eigenvalue weighted by molar-refractivity contribution is 6.01. The van der Waals surface area contributed by atoms with E-state index in [1.807, 2.05) is 0 Å². The lowest BCUT2D eigenvalue weighted by Gasteiger charge is -2.40. The zero-order valence-electron chi connectivity index (χ0n) is 16.5. The van der Waals surface area contributed by atoms with Crippen LogP contribution in [-0.4, -0.2) is 35.4 Å². The van der Waals surface area contributed by atoms with Crippen LogP contribution in [0, 0.1) is 5.92 Å². The summed E-state index contributed by atoms with van der Waals surface area (Å²) >= 11 is 0. The van der Waals surface area contributed by atoms with E-state index in [1.54, 1.807) is 24.3 Å². The van der Waals surface area contributed by atoms with Crippen molar-refractivity contribution < 1.29 is 27.9 Å². The fraction of sp³-hybridized carbons (Fsp3) is 0.364. The van der Waals surface area contributed by atoms with Gasteiger partial charge in [0.2, 0.25) is 5.91 Å². The van der Waals surface area contributed by atoms with Gasteiger partial charge >= 0.3 is 6.18 Å². The predicted molar refractivity (Wildman–Crippen MR) is 107 cm³/mol. The van der Waals surface area contributed by atoms with Crippen molar-refractivity contribution in [3.8, 4) is 11.1 Å². The first-order valence-corrected chi connectivity index (χ1v) is 10.0. The van der Waals surface area contributed by atoms with E-state index >= 15 is 0 Å². The van der Waals surface area contributed by atoms with Crippen LogP contribution in [0.15, 0.2) is 48.5 Å². The summed E-state index contributed by atoms with van der Waals surface area (Å²) < 4.78 is 38.6. The smallest absolute Gasteiger partial charge is 0.361 e. The van der Waals surface area contributed by atoms with Gasteiger partial charge in [0.15, 0.2) is 6.35 Å². The van der Waals surface area contributed by atoms with Crippen LogP contribution >= 0.6 is 0 Å². The minimum Gasteiger partial charge on any atom is -0.361 e. The quantitative estimate of drug-likeness (QED) is 0.584. The van der Waals surface area contributed by atoms with Crippen molar-refractivity contribution >= 4 is 11.8 Å². The third-order valence-corrected chi connectivity index (χ3v) is 6.09. The Balaban J connectivity index is 1.55. The van der Waals surface area contributed by atoms with Crippen LogP contribution in [0.2, 0.25) is 0 Å². The van der Waals surface area contributed by atoms with Gasteiger partial charge in [0.25, 0.3) is 5.91 Å². The number of hydrogen-bond donors (Lipinski definition) is 4. The van der Waals surface area contributed by atoms with Crippen molar-refractivity contribution in [2.45, 2.75) is 37.3 Å². The second kappa shape index (κ2) is 7.97. The maximum absolute atomic E-state index is 13.0. The Hall–Kier alpha value is -2.91. The first kappa shape index (κ1) is 21.3. The van der Waals surface area contributed by atoms with Gasteiger partial charge in [-0.1, -0.05) is 36.8 Å². The number of alkyl halides is 3. The molecule has 4 rings (SSSR count). The lowest BCUT2D eigenvalue weighted by molar-refractivity contribution is -0.137. The molecule has 2 amide bonds. The van der Waals surface area contributed by atoms with Gasteiger partial charge in [-0.25, -0.2) is 0 Å². The molecule has 0 radical (unpaired) electrons. The van der Waals surface area contributed by atoms with Gasteiger partial charge < -0.3 is 15.7 Å². The van der Waals surface area contributed by atoms with E-state index in [-0.39, 0.29) is 23.9 Å².